The average molecular weight is 457 g/mol. The third-order valence-electron chi connectivity index (χ3n) is 6.45. The van der Waals surface area contributed by atoms with Gasteiger partial charge < -0.3 is 20.2 Å². The molecule has 6 nitrogen and oxygen atoms in total. The van der Waals surface area contributed by atoms with Crippen LogP contribution in [-0.4, -0.2) is 60.4 Å². The summed E-state index contributed by atoms with van der Waals surface area (Å²) in [5.41, 5.74) is 3.04. The number of aliphatic hydroxyl groups is 1. The van der Waals surface area contributed by atoms with Gasteiger partial charge in [-0.05, 0) is 82.3 Å². The molecule has 0 spiro atoms. The highest BCUT2D eigenvalue weighted by atomic mass is 35.5. The first-order valence-corrected chi connectivity index (χ1v) is 12.0. The second-order valence-corrected chi connectivity index (χ2v) is 9.71. The van der Waals surface area contributed by atoms with Crippen molar-refractivity contribution in [1.82, 2.24) is 15.2 Å². The number of piperidine rings is 1. The first-order valence-electron chi connectivity index (χ1n) is 11.6. The maximum atomic E-state index is 12.5. The van der Waals surface area contributed by atoms with Crippen LogP contribution in [0, 0.1) is 11.8 Å². The van der Waals surface area contributed by atoms with E-state index in [1.807, 2.05) is 35.2 Å². The molecule has 2 atom stereocenters. The molecule has 1 aliphatic carbocycles. The summed E-state index contributed by atoms with van der Waals surface area (Å²) >= 11 is 6.58. The fraction of sp³-hybridized carbons (Fsp3) is 0.520. The van der Waals surface area contributed by atoms with Gasteiger partial charge in [-0.1, -0.05) is 17.7 Å². The van der Waals surface area contributed by atoms with Crippen molar-refractivity contribution < 1.29 is 9.90 Å². The van der Waals surface area contributed by atoms with Crippen LogP contribution in [0.4, 0.5) is 5.69 Å². The van der Waals surface area contributed by atoms with Crippen LogP contribution in [0.1, 0.15) is 43.0 Å². The van der Waals surface area contributed by atoms with Gasteiger partial charge in [0.2, 0.25) is 0 Å². The van der Waals surface area contributed by atoms with Crippen molar-refractivity contribution in [3.63, 3.8) is 0 Å². The van der Waals surface area contributed by atoms with Gasteiger partial charge in [-0.2, -0.15) is 0 Å². The summed E-state index contributed by atoms with van der Waals surface area (Å²) < 4.78 is 0. The number of aliphatic hydroxyl groups excluding tert-OH is 1. The third-order valence-corrected chi connectivity index (χ3v) is 6.76. The molecule has 0 radical (unpaired) electrons. The van der Waals surface area contributed by atoms with Gasteiger partial charge in [0.15, 0.2) is 0 Å². The molecule has 7 heteroatoms. The highest BCUT2D eigenvalue weighted by Gasteiger charge is 2.27. The molecule has 2 unspecified atom stereocenters. The second kappa shape index (κ2) is 10.2. The van der Waals surface area contributed by atoms with E-state index >= 15 is 0 Å². The number of hydrogen-bond donors (Lipinski definition) is 2. The van der Waals surface area contributed by atoms with Crippen LogP contribution in [0.25, 0.3) is 11.3 Å². The molecule has 172 valence electrons. The van der Waals surface area contributed by atoms with Gasteiger partial charge in [-0.15, -0.1) is 0 Å². The van der Waals surface area contributed by atoms with Gasteiger partial charge >= 0.3 is 0 Å². The molecule has 1 aromatic carbocycles. The van der Waals surface area contributed by atoms with Gasteiger partial charge in [0, 0.05) is 31.4 Å². The number of nitrogens with zero attached hydrogens (tertiary/aromatic N) is 3. The molecular weight excluding hydrogens is 424 g/mol. The van der Waals surface area contributed by atoms with E-state index in [2.05, 4.69) is 22.2 Å². The predicted molar refractivity (Wildman–Crippen MR) is 129 cm³/mol. The Kier molecular flexibility index (Phi) is 7.33. The lowest BCUT2D eigenvalue weighted by Gasteiger charge is -2.29. The monoisotopic (exact) mass is 456 g/mol. The van der Waals surface area contributed by atoms with Crippen LogP contribution in [0.5, 0.6) is 0 Å². The highest BCUT2D eigenvalue weighted by molar-refractivity contribution is 6.33. The topological polar surface area (TPSA) is 68.7 Å². The Labute approximate surface area is 195 Å². The first-order chi connectivity index (χ1) is 15.4. The maximum absolute atomic E-state index is 12.5. The standard InChI is InChI=1S/C25H33ClN4O2/c1-17(31)30(16-18-5-6-18)24-10-8-20(12-22(24)26)23-9-7-21(14-27-23)25(32)28-13-19-4-3-11-29(2)15-19/h7-10,12,14,17-19,31H,3-6,11,13,15-16H2,1-2H3,(H,28,32). The Balaban J connectivity index is 1.39. The smallest absolute Gasteiger partial charge is 0.252 e. The van der Waals surface area contributed by atoms with E-state index < -0.39 is 6.23 Å². The minimum absolute atomic E-state index is 0.0849. The molecule has 2 fully saturated rings. The normalized spacial score (nSPS) is 20.1. The molecule has 2 aromatic rings. The Morgan fingerprint density at radius 2 is 2.09 bits per heavy atom. The first kappa shape index (κ1) is 23.0. The number of likely N-dealkylation sites (tertiary alicyclic amines) is 1. The number of pyridine rings is 1. The number of aromatic nitrogens is 1. The van der Waals surface area contributed by atoms with Crippen molar-refractivity contribution in [2.75, 3.05) is 38.1 Å². The Morgan fingerprint density at radius 3 is 2.72 bits per heavy atom. The average Bonchev–Trinajstić information content (AvgIpc) is 3.60. The molecule has 2 N–H and O–H groups in total. The quantitative estimate of drug-likeness (QED) is 0.587. The Morgan fingerprint density at radius 1 is 1.28 bits per heavy atom. The molecule has 1 saturated heterocycles. The molecular formula is C25H33ClN4O2. The van der Waals surface area contributed by atoms with Gasteiger partial charge in [0.05, 0.1) is 22.0 Å². The van der Waals surface area contributed by atoms with E-state index in [4.69, 9.17) is 11.6 Å². The number of rotatable bonds is 8. The van der Waals surface area contributed by atoms with E-state index in [9.17, 15) is 9.90 Å². The predicted octanol–water partition coefficient (Wildman–Crippen LogP) is 4.03. The number of benzene rings is 1. The van der Waals surface area contributed by atoms with E-state index in [-0.39, 0.29) is 5.91 Å². The van der Waals surface area contributed by atoms with Crippen molar-refractivity contribution in [2.24, 2.45) is 11.8 Å². The second-order valence-electron chi connectivity index (χ2n) is 9.31. The molecule has 1 aliphatic heterocycles. The Hall–Kier alpha value is -2.15. The third kappa shape index (κ3) is 5.80. The largest absolute Gasteiger partial charge is 0.374 e. The van der Waals surface area contributed by atoms with Crippen LogP contribution in [0.15, 0.2) is 36.5 Å². The summed E-state index contributed by atoms with van der Waals surface area (Å²) in [5, 5.41) is 13.8. The van der Waals surface area contributed by atoms with Crippen LogP contribution in [0.3, 0.4) is 0 Å². The van der Waals surface area contributed by atoms with E-state index in [0.717, 1.165) is 43.0 Å². The van der Waals surface area contributed by atoms with Crippen molar-refractivity contribution in [2.45, 2.75) is 38.8 Å². The molecule has 32 heavy (non-hydrogen) atoms. The number of nitrogens with one attached hydrogen (secondary N) is 1. The lowest BCUT2D eigenvalue weighted by molar-refractivity contribution is 0.0936. The lowest BCUT2D eigenvalue weighted by atomic mass is 9.98. The fourth-order valence-electron chi connectivity index (χ4n) is 4.41. The zero-order valence-corrected chi connectivity index (χ0v) is 19.7. The van der Waals surface area contributed by atoms with Crippen LogP contribution in [-0.2, 0) is 0 Å². The zero-order valence-electron chi connectivity index (χ0n) is 18.9. The van der Waals surface area contributed by atoms with Crippen molar-refractivity contribution in [1.29, 1.82) is 0 Å². The molecule has 1 saturated carbocycles. The summed E-state index contributed by atoms with van der Waals surface area (Å²) in [5.74, 6) is 1.06. The minimum atomic E-state index is -0.594. The molecule has 1 aromatic heterocycles. The van der Waals surface area contributed by atoms with E-state index in [1.165, 1.54) is 19.3 Å². The van der Waals surface area contributed by atoms with Gasteiger partial charge in [0.25, 0.3) is 5.91 Å². The fourth-order valence-corrected chi connectivity index (χ4v) is 4.70. The van der Waals surface area contributed by atoms with Crippen LogP contribution >= 0.6 is 11.6 Å². The molecule has 2 heterocycles. The van der Waals surface area contributed by atoms with Crippen molar-refractivity contribution >= 4 is 23.2 Å². The summed E-state index contributed by atoms with van der Waals surface area (Å²) in [6.07, 6.45) is 5.79. The van der Waals surface area contributed by atoms with Crippen molar-refractivity contribution in [3.8, 4) is 11.3 Å². The number of amides is 1. The van der Waals surface area contributed by atoms with Crippen LogP contribution in [0.2, 0.25) is 5.02 Å². The highest BCUT2D eigenvalue weighted by Crippen LogP contribution is 2.36. The summed E-state index contributed by atoms with van der Waals surface area (Å²) in [4.78, 5) is 21.3. The van der Waals surface area contributed by atoms with Gasteiger partial charge in [-0.3, -0.25) is 9.78 Å². The van der Waals surface area contributed by atoms with Crippen molar-refractivity contribution in [3.05, 3.63) is 47.1 Å². The number of hydrogen-bond acceptors (Lipinski definition) is 5. The molecule has 1 amide bonds. The zero-order chi connectivity index (χ0) is 22.7. The number of anilines is 1. The summed E-state index contributed by atoms with van der Waals surface area (Å²) in [7, 11) is 2.13. The molecule has 0 bridgehead atoms. The SMILES string of the molecule is CC(O)N(CC1CC1)c1ccc(-c2ccc(C(=O)NCC3CCCN(C)C3)cn2)cc1Cl. The van der Waals surface area contributed by atoms with Crippen LogP contribution < -0.4 is 10.2 Å². The Bertz CT molecular complexity index is 930. The maximum Gasteiger partial charge on any atom is 0.252 e. The lowest BCUT2D eigenvalue weighted by Crippen LogP contribution is -2.39. The van der Waals surface area contributed by atoms with E-state index in [0.29, 0.717) is 29.0 Å². The number of halogens is 1. The summed E-state index contributed by atoms with van der Waals surface area (Å²) in [6, 6.07) is 9.44. The molecule has 2 aliphatic rings. The number of carbonyl (C=O) groups excluding carboxylic acids is 1. The number of carbonyl (C=O) groups is 1. The van der Waals surface area contributed by atoms with Gasteiger partial charge in [0.1, 0.15) is 6.23 Å². The summed E-state index contributed by atoms with van der Waals surface area (Å²) in [6.45, 7) is 5.45. The minimum Gasteiger partial charge on any atom is -0.374 e. The molecule has 4 rings (SSSR count). The van der Waals surface area contributed by atoms with E-state index in [1.54, 1.807) is 13.1 Å². The van der Waals surface area contributed by atoms with Gasteiger partial charge in [-0.25, -0.2) is 0 Å².